The van der Waals surface area contributed by atoms with Crippen LogP contribution in [0.5, 0.6) is 0 Å². The van der Waals surface area contributed by atoms with E-state index in [2.05, 4.69) is 91.9 Å². The summed E-state index contributed by atoms with van der Waals surface area (Å²) >= 11 is 0. The highest BCUT2D eigenvalue weighted by Gasteiger charge is 2.21. The lowest BCUT2D eigenvalue weighted by molar-refractivity contribution is 0.347. The lowest BCUT2D eigenvalue weighted by Gasteiger charge is -2.33. The molecular formula is C34H45N5. The maximum atomic E-state index is 4.52. The number of hydrogen-bond acceptors (Lipinski definition) is 4. The first-order chi connectivity index (χ1) is 19.3. The predicted octanol–water partition coefficient (Wildman–Crippen LogP) is 7.21. The fraction of sp³-hybridized carbons (Fsp3) is 0.471. The Morgan fingerprint density at radius 2 is 1.28 bits per heavy atom. The molecule has 2 aliphatic heterocycles. The van der Waals surface area contributed by atoms with Crippen molar-refractivity contribution >= 4 is 16.9 Å². The van der Waals surface area contributed by atoms with Gasteiger partial charge < -0.3 is 15.2 Å². The van der Waals surface area contributed by atoms with Crippen LogP contribution >= 0.6 is 0 Å². The molecule has 0 spiro atoms. The molecule has 2 saturated heterocycles. The van der Waals surface area contributed by atoms with E-state index in [-0.39, 0.29) is 0 Å². The second kappa shape index (κ2) is 14.8. The lowest BCUT2D eigenvalue weighted by atomic mass is 9.90. The zero-order valence-corrected chi connectivity index (χ0v) is 23.4. The number of fused-ring (bicyclic) bond motifs is 1. The molecule has 6 rings (SSSR count). The second-order valence-corrected chi connectivity index (χ2v) is 11.3. The Morgan fingerprint density at radius 1 is 0.692 bits per heavy atom. The summed E-state index contributed by atoms with van der Waals surface area (Å²) in [5.74, 6) is 2.92. The molecule has 0 atom stereocenters. The first-order valence-corrected chi connectivity index (χ1v) is 15.2. The molecular weight excluding hydrogens is 478 g/mol. The molecule has 4 aromatic rings. The predicted molar refractivity (Wildman–Crippen MR) is 163 cm³/mol. The Bertz CT molecular complexity index is 1210. The number of aryl methyl sites for hydroxylation is 2. The van der Waals surface area contributed by atoms with Crippen LogP contribution in [0.2, 0.25) is 0 Å². The van der Waals surface area contributed by atoms with Crippen LogP contribution in [-0.2, 0) is 12.8 Å². The Labute approximate surface area is 234 Å². The van der Waals surface area contributed by atoms with Gasteiger partial charge in [-0.3, -0.25) is 0 Å². The molecule has 0 bridgehead atoms. The molecule has 0 aliphatic carbocycles. The number of aromatic amines is 1. The molecule has 206 valence electrons. The normalized spacial score (nSPS) is 16.7. The van der Waals surface area contributed by atoms with Crippen molar-refractivity contribution in [3.8, 4) is 0 Å². The standard InChI is InChI=1S/C20H24N4.C14H21N/c1-2-5-16(6-3-1)7-4-8-17-10-13-24(14-11-17)20-18-9-12-21-19(18)22-15-23-20;1-2-5-13(6-3-1)7-4-8-14-9-11-15-12-10-14/h1-3,5-6,9,12,15,17H,4,7-8,10-11,13-14H2,(H,21,22,23);1-3,5-6,14-15H,4,7-12H2. The lowest BCUT2D eigenvalue weighted by Crippen LogP contribution is -2.34. The van der Waals surface area contributed by atoms with Gasteiger partial charge in [0.1, 0.15) is 17.8 Å². The van der Waals surface area contributed by atoms with Crippen molar-refractivity contribution in [2.75, 3.05) is 31.1 Å². The SMILES string of the molecule is c1ccc(CCCC2CCN(c3ncnc4[nH]ccc34)CC2)cc1.c1ccc(CCCC2CCNCC2)cc1. The Morgan fingerprint density at radius 3 is 1.90 bits per heavy atom. The molecule has 2 aromatic carbocycles. The molecule has 0 amide bonds. The fourth-order valence-electron chi connectivity index (χ4n) is 6.19. The number of hydrogen-bond donors (Lipinski definition) is 2. The van der Waals surface area contributed by atoms with Gasteiger partial charge in [0.2, 0.25) is 0 Å². The van der Waals surface area contributed by atoms with Crippen molar-refractivity contribution in [1.29, 1.82) is 0 Å². The van der Waals surface area contributed by atoms with Gasteiger partial charge in [-0.1, -0.05) is 67.1 Å². The summed E-state index contributed by atoms with van der Waals surface area (Å²) in [5, 5.41) is 4.56. The van der Waals surface area contributed by atoms with Crippen LogP contribution in [0.25, 0.3) is 11.0 Å². The van der Waals surface area contributed by atoms with Gasteiger partial charge in [-0.05, 0) is 99.9 Å². The number of piperidine rings is 2. The number of H-pyrrole nitrogens is 1. The van der Waals surface area contributed by atoms with Gasteiger partial charge in [-0.25, -0.2) is 9.97 Å². The van der Waals surface area contributed by atoms with Gasteiger partial charge in [-0.2, -0.15) is 0 Å². The van der Waals surface area contributed by atoms with Crippen molar-refractivity contribution < 1.29 is 0 Å². The Balaban J connectivity index is 0.000000177. The average Bonchev–Trinajstić information content (AvgIpc) is 3.49. The highest BCUT2D eigenvalue weighted by molar-refractivity contribution is 5.87. The van der Waals surface area contributed by atoms with Gasteiger partial charge in [0.05, 0.1) is 5.39 Å². The van der Waals surface area contributed by atoms with Gasteiger partial charge in [0, 0.05) is 19.3 Å². The smallest absolute Gasteiger partial charge is 0.142 e. The van der Waals surface area contributed by atoms with E-state index in [4.69, 9.17) is 0 Å². The quantitative estimate of drug-likeness (QED) is 0.243. The fourth-order valence-corrected chi connectivity index (χ4v) is 6.19. The first-order valence-electron chi connectivity index (χ1n) is 15.2. The minimum Gasteiger partial charge on any atom is -0.356 e. The van der Waals surface area contributed by atoms with E-state index in [0.29, 0.717) is 0 Å². The van der Waals surface area contributed by atoms with E-state index in [0.717, 1.165) is 41.8 Å². The molecule has 5 nitrogen and oxygen atoms in total. The molecule has 2 fully saturated rings. The van der Waals surface area contributed by atoms with Crippen LogP contribution in [0, 0.1) is 11.8 Å². The molecule has 2 N–H and O–H groups in total. The second-order valence-electron chi connectivity index (χ2n) is 11.3. The number of rotatable bonds is 9. The third kappa shape index (κ3) is 8.40. The zero-order valence-electron chi connectivity index (χ0n) is 23.4. The largest absolute Gasteiger partial charge is 0.356 e. The van der Waals surface area contributed by atoms with E-state index in [1.54, 1.807) is 6.33 Å². The van der Waals surface area contributed by atoms with Crippen LogP contribution in [0.1, 0.15) is 62.5 Å². The van der Waals surface area contributed by atoms with Crippen LogP contribution in [-0.4, -0.2) is 41.1 Å². The molecule has 2 aliphatic rings. The topological polar surface area (TPSA) is 56.8 Å². The summed E-state index contributed by atoms with van der Waals surface area (Å²) < 4.78 is 0. The van der Waals surface area contributed by atoms with E-state index < -0.39 is 0 Å². The van der Waals surface area contributed by atoms with E-state index in [1.165, 1.54) is 88.4 Å². The van der Waals surface area contributed by atoms with Crippen molar-refractivity contribution in [2.24, 2.45) is 11.8 Å². The van der Waals surface area contributed by atoms with Gasteiger partial charge in [-0.15, -0.1) is 0 Å². The summed E-state index contributed by atoms with van der Waals surface area (Å²) in [4.78, 5) is 14.4. The molecule has 39 heavy (non-hydrogen) atoms. The van der Waals surface area contributed by atoms with Crippen LogP contribution in [0.3, 0.4) is 0 Å². The number of nitrogens with one attached hydrogen (secondary N) is 2. The summed E-state index contributed by atoms with van der Waals surface area (Å²) in [6.07, 6.45) is 16.8. The number of anilines is 1. The van der Waals surface area contributed by atoms with Crippen LogP contribution < -0.4 is 10.2 Å². The Kier molecular flexibility index (Phi) is 10.4. The number of aromatic nitrogens is 3. The van der Waals surface area contributed by atoms with Crippen molar-refractivity contribution in [3.05, 3.63) is 90.4 Å². The highest BCUT2D eigenvalue weighted by atomic mass is 15.2. The average molecular weight is 524 g/mol. The maximum absolute atomic E-state index is 4.52. The van der Waals surface area contributed by atoms with Gasteiger partial charge in [0.25, 0.3) is 0 Å². The monoisotopic (exact) mass is 523 g/mol. The third-order valence-electron chi connectivity index (χ3n) is 8.55. The Hall–Kier alpha value is -3.18. The van der Waals surface area contributed by atoms with E-state index >= 15 is 0 Å². The summed E-state index contributed by atoms with van der Waals surface area (Å²) in [6.45, 7) is 4.67. The summed E-state index contributed by atoms with van der Waals surface area (Å²) in [5.41, 5.74) is 3.89. The number of nitrogens with zero attached hydrogens (tertiary/aromatic N) is 3. The molecule has 5 heteroatoms. The van der Waals surface area contributed by atoms with Crippen LogP contribution in [0.4, 0.5) is 5.82 Å². The van der Waals surface area contributed by atoms with E-state index in [9.17, 15) is 0 Å². The van der Waals surface area contributed by atoms with E-state index in [1.807, 2.05) is 6.20 Å². The van der Waals surface area contributed by atoms with Crippen molar-refractivity contribution in [3.63, 3.8) is 0 Å². The molecule has 2 aromatic heterocycles. The maximum Gasteiger partial charge on any atom is 0.142 e. The van der Waals surface area contributed by atoms with Crippen LogP contribution in [0.15, 0.2) is 79.3 Å². The summed E-state index contributed by atoms with van der Waals surface area (Å²) in [7, 11) is 0. The highest BCUT2D eigenvalue weighted by Crippen LogP contribution is 2.29. The number of benzene rings is 2. The first kappa shape index (κ1) is 27.4. The van der Waals surface area contributed by atoms with Gasteiger partial charge >= 0.3 is 0 Å². The minimum atomic E-state index is 0.855. The molecule has 0 radical (unpaired) electrons. The summed E-state index contributed by atoms with van der Waals surface area (Å²) in [6, 6.07) is 23.8. The zero-order chi connectivity index (χ0) is 26.5. The third-order valence-corrected chi connectivity index (χ3v) is 8.55. The molecule has 0 saturated carbocycles. The van der Waals surface area contributed by atoms with Crippen molar-refractivity contribution in [1.82, 2.24) is 20.3 Å². The molecule has 0 unspecified atom stereocenters. The van der Waals surface area contributed by atoms with Crippen molar-refractivity contribution in [2.45, 2.75) is 64.2 Å². The molecule has 4 heterocycles. The minimum absolute atomic E-state index is 0.855. The van der Waals surface area contributed by atoms with Gasteiger partial charge in [0.15, 0.2) is 0 Å².